The van der Waals surface area contributed by atoms with Crippen LogP contribution in [0.15, 0.2) is 54.6 Å². The molecule has 1 heterocycles. The Morgan fingerprint density at radius 1 is 1.14 bits per heavy atom. The molecule has 0 amide bonds. The molecule has 0 aliphatic rings. The van der Waals surface area contributed by atoms with Crippen LogP contribution in [0.2, 0.25) is 0 Å². The molecule has 4 heteroatoms. The highest BCUT2D eigenvalue weighted by Crippen LogP contribution is 2.21. The first-order valence-corrected chi connectivity index (χ1v) is 6.99. The van der Waals surface area contributed by atoms with Gasteiger partial charge in [-0.15, -0.1) is 0 Å². The smallest absolute Gasteiger partial charge is 0.330 e. The maximum Gasteiger partial charge on any atom is 0.330 e. The summed E-state index contributed by atoms with van der Waals surface area (Å²) in [4.78, 5) is 15.7. The molecule has 0 spiro atoms. The molecule has 0 aliphatic heterocycles. The number of esters is 1. The van der Waals surface area contributed by atoms with Crippen LogP contribution in [0.5, 0.6) is 0 Å². The zero-order chi connectivity index (χ0) is 15.5. The molecular weight excluding hydrogens is 276 g/mol. The zero-order valence-electron chi connectivity index (χ0n) is 12.5. The van der Waals surface area contributed by atoms with E-state index in [9.17, 15) is 4.79 Å². The lowest BCUT2D eigenvalue weighted by Crippen LogP contribution is -1.96. The number of nitrogens with zero attached hydrogens (tertiary/aromatic N) is 2. The fraction of sp³-hybridized carbons (Fsp3) is 0.111. The van der Waals surface area contributed by atoms with Gasteiger partial charge in [-0.1, -0.05) is 24.3 Å². The predicted octanol–water partition coefficient (Wildman–Crippen LogP) is 3.52. The molecule has 3 rings (SSSR count). The highest BCUT2D eigenvalue weighted by molar-refractivity contribution is 5.87. The van der Waals surface area contributed by atoms with E-state index in [1.807, 2.05) is 49.4 Å². The number of ether oxygens (including phenoxy) is 1. The molecule has 0 radical (unpaired) electrons. The van der Waals surface area contributed by atoms with E-state index < -0.39 is 0 Å². The molecule has 0 atom stereocenters. The first kappa shape index (κ1) is 14.1. The maximum atomic E-state index is 11.1. The molecule has 0 fully saturated rings. The minimum Gasteiger partial charge on any atom is -0.466 e. The first-order chi connectivity index (χ1) is 10.7. The topological polar surface area (TPSA) is 44.1 Å². The van der Waals surface area contributed by atoms with Gasteiger partial charge in [-0.3, -0.25) is 4.57 Å². The second-order valence-corrected chi connectivity index (χ2v) is 4.93. The van der Waals surface area contributed by atoms with E-state index in [-0.39, 0.29) is 5.97 Å². The molecule has 22 heavy (non-hydrogen) atoms. The van der Waals surface area contributed by atoms with Crippen molar-refractivity contribution in [2.45, 2.75) is 6.92 Å². The fourth-order valence-corrected chi connectivity index (χ4v) is 2.44. The number of methoxy groups -OCH3 is 1. The van der Waals surface area contributed by atoms with Gasteiger partial charge in [0.15, 0.2) is 0 Å². The Morgan fingerprint density at radius 2 is 1.86 bits per heavy atom. The molecule has 0 N–H and O–H groups in total. The molecule has 110 valence electrons. The lowest BCUT2D eigenvalue weighted by Gasteiger charge is -2.07. The van der Waals surface area contributed by atoms with Gasteiger partial charge in [0.25, 0.3) is 0 Å². The molecule has 4 nitrogen and oxygen atoms in total. The van der Waals surface area contributed by atoms with Gasteiger partial charge in [0.1, 0.15) is 5.82 Å². The Bertz CT molecular complexity index is 845. The molecule has 0 bridgehead atoms. The minimum atomic E-state index is -0.361. The number of fused-ring (bicyclic) bond motifs is 1. The summed E-state index contributed by atoms with van der Waals surface area (Å²) in [5.74, 6) is 0.583. The van der Waals surface area contributed by atoms with Crippen molar-refractivity contribution >= 4 is 23.1 Å². The Morgan fingerprint density at radius 3 is 2.59 bits per heavy atom. The van der Waals surface area contributed by atoms with E-state index in [1.165, 1.54) is 13.2 Å². The number of para-hydroxylation sites is 2. The summed E-state index contributed by atoms with van der Waals surface area (Å²) in [6.07, 6.45) is 3.14. The van der Waals surface area contributed by atoms with Crippen LogP contribution in [0, 0.1) is 6.92 Å². The monoisotopic (exact) mass is 292 g/mol. The molecular formula is C18H16N2O2. The summed E-state index contributed by atoms with van der Waals surface area (Å²) < 4.78 is 6.69. The third-order valence-electron chi connectivity index (χ3n) is 3.49. The lowest BCUT2D eigenvalue weighted by molar-refractivity contribution is -0.134. The average molecular weight is 292 g/mol. The van der Waals surface area contributed by atoms with E-state index in [0.717, 1.165) is 28.1 Å². The number of aromatic nitrogens is 2. The van der Waals surface area contributed by atoms with Gasteiger partial charge in [-0.25, -0.2) is 9.78 Å². The second kappa shape index (κ2) is 5.85. The standard InChI is InChI=1S/C18H16N2O2/c1-13-19-16-5-3-4-6-17(16)20(13)15-10-7-14(8-11-15)9-12-18(21)22-2/h3-12H,1-2H3/b12-9+. The van der Waals surface area contributed by atoms with Crippen LogP contribution >= 0.6 is 0 Å². The van der Waals surface area contributed by atoms with E-state index in [2.05, 4.69) is 20.4 Å². The van der Waals surface area contributed by atoms with Crippen molar-refractivity contribution in [3.8, 4) is 5.69 Å². The molecule has 1 aromatic heterocycles. The molecule has 0 saturated carbocycles. The quantitative estimate of drug-likeness (QED) is 0.548. The van der Waals surface area contributed by atoms with Gasteiger partial charge in [-0.2, -0.15) is 0 Å². The number of hydrogen-bond acceptors (Lipinski definition) is 3. The van der Waals surface area contributed by atoms with Crippen molar-refractivity contribution in [3.05, 3.63) is 66.0 Å². The predicted molar refractivity (Wildman–Crippen MR) is 86.9 cm³/mol. The van der Waals surface area contributed by atoms with Crippen LogP contribution in [0.1, 0.15) is 11.4 Å². The van der Waals surface area contributed by atoms with Crippen LogP contribution in [0.3, 0.4) is 0 Å². The first-order valence-electron chi connectivity index (χ1n) is 6.99. The van der Waals surface area contributed by atoms with Crippen molar-refractivity contribution in [3.63, 3.8) is 0 Å². The largest absolute Gasteiger partial charge is 0.466 e. The summed E-state index contributed by atoms with van der Waals surface area (Å²) in [6.45, 7) is 1.99. The fourth-order valence-electron chi connectivity index (χ4n) is 2.44. The normalized spacial score (nSPS) is 11.2. The van der Waals surface area contributed by atoms with Gasteiger partial charge in [-0.05, 0) is 42.8 Å². The Kier molecular flexibility index (Phi) is 3.74. The van der Waals surface area contributed by atoms with Crippen molar-refractivity contribution < 1.29 is 9.53 Å². The van der Waals surface area contributed by atoms with Crippen LogP contribution in [-0.2, 0) is 9.53 Å². The molecule has 3 aromatic rings. The van der Waals surface area contributed by atoms with Gasteiger partial charge in [0.05, 0.1) is 18.1 Å². The van der Waals surface area contributed by atoms with Crippen molar-refractivity contribution in [1.29, 1.82) is 0 Å². The summed E-state index contributed by atoms with van der Waals surface area (Å²) in [7, 11) is 1.36. The maximum absolute atomic E-state index is 11.1. The number of imidazole rings is 1. The summed E-state index contributed by atoms with van der Waals surface area (Å²) >= 11 is 0. The number of hydrogen-bond donors (Lipinski definition) is 0. The van der Waals surface area contributed by atoms with Gasteiger partial charge in [0.2, 0.25) is 0 Å². The minimum absolute atomic E-state index is 0.361. The molecule has 0 saturated heterocycles. The van der Waals surface area contributed by atoms with Gasteiger partial charge < -0.3 is 4.74 Å². The van der Waals surface area contributed by atoms with Crippen LogP contribution in [0.4, 0.5) is 0 Å². The number of carbonyl (C=O) groups is 1. The second-order valence-electron chi connectivity index (χ2n) is 4.93. The summed E-state index contributed by atoms with van der Waals surface area (Å²) in [5, 5.41) is 0. The van der Waals surface area contributed by atoms with E-state index >= 15 is 0 Å². The SMILES string of the molecule is COC(=O)/C=C/c1ccc(-n2c(C)nc3ccccc32)cc1. The van der Waals surface area contributed by atoms with E-state index in [1.54, 1.807) is 6.08 Å². The Balaban J connectivity index is 1.97. The highest BCUT2D eigenvalue weighted by Gasteiger charge is 2.08. The summed E-state index contributed by atoms with van der Waals surface area (Å²) in [5.41, 5.74) is 4.05. The van der Waals surface area contributed by atoms with Gasteiger partial charge >= 0.3 is 5.97 Å². The lowest BCUT2D eigenvalue weighted by atomic mass is 10.2. The van der Waals surface area contributed by atoms with Crippen LogP contribution < -0.4 is 0 Å². The summed E-state index contributed by atoms with van der Waals surface area (Å²) in [6, 6.07) is 16.0. The Labute approximate surface area is 128 Å². The third kappa shape index (κ3) is 2.63. The van der Waals surface area contributed by atoms with Crippen LogP contribution in [-0.4, -0.2) is 22.6 Å². The zero-order valence-corrected chi connectivity index (χ0v) is 12.5. The van der Waals surface area contributed by atoms with Crippen molar-refractivity contribution in [1.82, 2.24) is 9.55 Å². The molecule has 2 aromatic carbocycles. The molecule has 0 aliphatic carbocycles. The number of benzene rings is 2. The number of rotatable bonds is 3. The van der Waals surface area contributed by atoms with Gasteiger partial charge in [0, 0.05) is 11.8 Å². The average Bonchev–Trinajstić information content (AvgIpc) is 2.89. The number of carbonyl (C=O) groups excluding carboxylic acids is 1. The van der Waals surface area contributed by atoms with E-state index in [0.29, 0.717) is 0 Å². The van der Waals surface area contributed by atoms with Crippen molar-refractivity contribution in [2.24, 2.45) is 0 Å². The van der Waals surface area contributed by atoms with Crippen LogP contribution in [0.25, 0.3) is 22.8 Å². The Hall–Kier alpha value is -2.88. The van der Waals surface area contributed by atoms with E-state index in [4.69, 9.17) is 0 Å². The number of aryl methyl sites for hydroxylation is 1. The molecule has 0 unspecified atom stereocenters. The highest BCUT2D eigenvalue weighted by atomic mass is 16.5. The third-order valence-corrected chi connectivity index (χ3v) is 3.49. The van der Waals surface area contributed by atoms with Crippen molar-refractivity contribution in [2.75, 3.05) is 7.11 Å².